The average Bonchev–Trinajstić information content (AvgIpc) is 2.56. The maximum atomic E-state index is 11.9. The van der Waals surface area contributed by atoms with Crippen molar-refractivity contribution in [2.45, 2.75) is 20.3 Å². The molecule has 0 atom stereocenters. The maximum absolute atomic E-state index is 11.9. The number of anilines is 1. The highest BCUT2D eigenvalue weighted by molar-refractivity contribution is 6.18. The Kier molecular flexibility index (Phi) is 4.71. The quantitative estimate of drug-likeness (QED) is 0.811. The average molecular weight is 332 g/mol. The molecule has 23 heavy (non-hydrogen) atoms. The summed E-state index contributed by atoms with van der Waals surface area (Å²) in [6.45, 7) is 7.34. The zero-order valence-corrected chi connectivity index (χ0v) is 14.4. The minimum Gasteiger partial charge on any atom is -0.353 e. The van der Waals surface area contributed by atoms with Crippen LogP contribution in [0.3, 0.4) is 0 Å². The predicted octanol–water partition coefficient (Wildman–Crippen LogP) is 3.13. The number of aryl methyl sites for hydroxylation is 2. The van der Waals surface area contributed by atoms with Gasteiger partial charge in [0.2, 0.25) is 5.91 Å². The first-order valence-electron chi connectivity index (χ1n) is 8.06. The van der Waals surface area contributed by atoms with Crippen LogP contribution in [-0.4, -0.2) is 47.9 Å². The lowest BCUT2D eigenvalue weighted by Gasteiger charge is -2.35. The Hall–Kier alpha value is -1.81. The van der Waals surface area contributed by atoms with Crippen LogP contribution in [0.5, 0.6) is 0 Å². The van der Waals surface area contributed by atoms with E-state index in [4.69, 9.17) is 16.6 Å². The van der Waals surface area contributed by atoms with Crippen molar-refractivity contribution in [1.82, 2.24) is 9.88 Å². The zero-order valence-electron chi connectivity index (χ0n) is 13.7. The van der Waals surface area contributed by atoms with Crippen LogP contribution in [0.1, 0.15) is 17.5 Å². The second-order valence-corrected chi connectivity index (χ2v) is 6.45. The van der Waals surface area contributed by atoms with Gasteiger partial charge in [-0.25, -0.2) is 4.98 Å². The summed E-state index contributed by atoms with van der Waals surface area (Å²) in [7, 11) is 0. The Morgan fingerprint density at radius 1 is 1.17 bits per heavy atom. The van der Waals surface area contributed by atoms with E-state index in [2.05, 4.69) is 43.0 Å². The number of hydrogen-bond donors (Lipinski definition) is 0. The van der Waals surface area contributed by atoms with Gasteiger partial charge >= 0.3 is 0 Å². The van der Waals surface area contributed by atoms with Gasteiger partial charge in [-0.1, -0.05) is 18.2 Å². The van der Waals surface area contributed by atoms with Gasteiger partial charge in [0.05, 0.1) is 5.52 Å². The third-order valence-electron chi connectivity index (χ3n) is 4.50. The highest BCUT2D eigenvalue weighted by atomic mass is 35.5. The summed E-state index contributed by atoms with van der Waals surface area (Å²) in [4.78, 5) is 21.0. The molecule has 122 valence electrons. The first-order valence-corrected chi connectivity index (χ1v) is 8.59. The predicted molar refractivity (Wildman–Crippen MR) is 95.3 cm³/mol. The minimum absolute atomic E-state index is 0.151. The highest BCUT2D eigenvalue weighted by Gasteiger charge is 2.22. The minimum atomic E-state index is 0.151. The molecule has 3 rings (SSSR count). The molecule has 5 heteroatoms. The number of rotatable bonds is 3. The topological polar surface area (TPSA) is 36.4 Å². The van der Waals surface area contributed by atoms with Crippen molar-refractivity contribution in [3.8, 4) is 0 Å². The third-order valence-corrected chi connectivity index (χ3v) is 4.69. The molecular weight excluding hydrogens is 310 g/mol. The van der Waals surface area contributed by atoms with Crippen LogP contribution in [0.25, 0.3) is 10.9 Å². The number of pyridine rings is 1. The van der Waals surface area contributed by atoms with Crippen LogP contribution in [-0.2, 0) is 4.79 Å². The maximum Gasteiger partial charge on any atom is 0.223 e. The first-order chi connectivity index (χ1) is 11.1. The van der Waals surface area contributed by atoms with Crippen LogP contribution in [0, 0.1) is 13.8 Å². The number of fused-ring (bicyclic) bond motifs is 1. The summed E-state index contributed by atoms with van der Waals surface area (Å²) in [5, 5.41) is 1.21. The fourth-order valence-electron chi connectivity index (χ4n) is 3.13. The number of nitrogens with zero attached hydrogens (tertiary/aromatic N) is 3. The Labute approximate surface area is 142 Å². The lowest BCUT2D eigenvalue weighted by molar-refractivity contribution is -0.131. The number of halogens is 1. The summed E-state index contributed by atoms with van der Waals surface area (Å²) in [6, 6.07) is 8.45. The molecule has 1 saturated heterocycles. The summed E-state index contributed by atoms with van der Waals surface area (Å²) in [5.41, 5.74) is 3.51. The summed E-state index contributed by atoms with van der Waals surface area (Å²) >= 11 is 5.66. The number of benzene rings is 1. The molecule has 0 saturated carbocycles. The van der Waals surface area contributed by atoms with E-state index in [-0.39, 0.29) is 5.91 Å². The monoisotopic (exact) mass is 331 g/mol. The number of amides is 1. The molecule has 1 aliphatic rings. The summed E-state index contributed by atoms with van der Waals surface area (Å²) in [6.07, 6.45) is 0.425. The second-order valence-electron chi connectivity index (χ2n) is 6.08. The summed E-state index contributed by atoms with van der Waals surface area (Å²) < 4.78 is 0. The van der Waals surface area contributed by atoms with Gasteiger partial charge in [0.15, 0.2) is 0 Å². The zero-order chi connectivity index (χ0) is 16.4. The van der Waals surface area contributed by atoms with Crippen molar-refractivity contribution < 1.29 is 4.79 Å². The van der Waals surface area contributed by atoms with Gasteiger partial charge in [-0.05, 0) is 31.0 Å². The number of hydrogen-bond acceptors (Lipinski definition) is 3. The Morgan fingerprint density at radius 3 is 2.61 bits per heavy atom. The van der Waals surface area contributed by atoms with E-state index in [9.17, 15) is 4.79 Å². The van der Waals surface area contributed by atoms with E-state index in [0.717, 1.165) is 37.5 Å². The van der Waals surface area contributed by atoms with Crippen molar-refractivity contribution in [2.75, 3.05) is 37.0 Å². The van der Waals surface area contributed by atoms with Gasteiger partial charge in [-0.15, -0.1) is 11.6 Å². The van der Waals surface area contributed by atoms with Gasteiger partial charge in [0, 0.05) is 43.9 Å². The molecule has 0 unspecified atom stereocenters. The fourth-order valence-corrected chi connectivity index (χ4v) is 3.29. The van der Waals surface area contributed by atoms with Crippen molar-refractivity contribution >= 4 is 34.2 Å². The number of carbonyl (C=O) groups is 1. The Balaban J connectivity index is 1.80. The van der Waals surface area contributed by atoms with Crippen LogP contribution < -0.4 is 4.90 Å². The lowest BCUT2D eigenvalue weighted by atomic mass is 10.1. The highest BCUT2D eigenvalue weighted by Crippen LogP contribution is 2.25. The molecule has 0 N–H and O–H groups in total. The molecule has 0 spiro atoms. The molecule has 4 nitrogen and oxygen atoms in total. The van der Waals surface area contributed by atoms with Gasteiger partial charge in [-0.3, -0.25) is 4.79 Å². The van der Waals surface area contributed by atoms with Crippen molar-refractivity contribution in [2.24, 2.45) is 0 Å². The van der Waals surface area contributed by atoms with E-state index < -0.39 is 0 Å². The number of alkyl halides is 1. The van der Waals surface area contributed by atoms with Gasteiger partial charge in [0.25, 0.3) is 0 Å². The number of para-hydroxylation sites is 1. The summed E-state index contributed by atoms with van der Waals surface area (Å²) in [5.74, 6) is 1.55. The van der Waals surface area contributed by atoms with Crippen LogP contribution >= 0.6 is 11.6 Å². The molecule has 1 fully saturated rings. The molecule has 2 aromatic rings. The smallest absolute Gasteiger partial charge is 0.223 e. The number of aromatic nitrogens is 1. The van der Waals surface area contributed by atoms with Crippen molar-refractivity contribution in [3.63, 3.8) is 0 Å². The Morgan fingerprint density at radius 2 is 1.91 bits per heavy atom. The van der Waals surface area contributed by atoms with E-state index in [1.807, 2.05) is 4.90 Å². The fraction of sp³-hybridized carbons (Fsp3) is 0.444. The molecular formula is C18H22ClN3O. The van der Waals surface area contributed by atoms with Crippen LogP contribution in [0.15, 0.2) is 24.3 Å². The number of piperazine rings is 1. The van der Waals surface area contributed by atoms with E-state index >= 15 is 0 Å². The van der Waals surface area contributed by atoms with Gasteiger partial charge in [0.1, 0.15) is 5.82 Å². The second kappa shape index (κ2) is 6.75. The molecule has 0 bridgehead atoms. The molecule has 0 aliphatic carbocycles. The molecule has 1 amide bonds. The van der Waals surface area contributed by atoms with E-state index in [0.29, 0.717) is 12.3 Å². The SMILES string of the molecule is Cc1cc(N2CCN(C(=O)CCCl)CC2)nc2c(C)cccc12. The lowest BCUT2D eigenvalue weighted by Crippen LogP contribution is -2.49. The molecule has 2 heterocycles. The number of carbonyl (C=O) groups excluding carboxylic acids is 1. The van der Waals surface area contributed by atoms with Crippen molar-refractivity contribution in [1.29, 1.82) is 0 Å². The van der Waals surface area contributed by atoms with Gasteiger partial charge < -0.3 is 9.80 Å². The van der Waals surface area contributed by atoms with E-state index in [1.165, 1.54) is 16.5 Å². The van der Waals surface area contributed by atoms with Crippen molar-refractivity contribution in [3.05, 3.63) is 35.4 Å². The first kappa shape index (κ1) is 16.1. The molecule has 0 radical (unpaired) electrons. The molecule has 1 aromatic carbocycles. The normalized spacial score (nSPS) is 15.3. The van der Waals surface area contributed by atoms with Crippen LogP contribution in [0.4, 0.5) is 5.82 Å². The third kappa shape index (κ3) is 3.27. The largest absolute Gasteiger partial charge is 0.353 e. The molecule has 1 aromatic heterocycles. The van der Waals surface area contributed by atoms with Crippen LogP contribution in [0.2, 0.25) is 0 Å². The molecule has 1 aliphatic heterocycles. The van der Waals surface area contributed by atoms with E-state index in [1.54, 1.807) is 0 Å². The van der Waals surface area contributed by atoms with Gasteiger partial charge in [-0.2, -0.15) is 0 Å². The Bertz CT molecular complexity index is 724. The standard InChI is InChI=1S/C18H22ClN3O/c1-13-4-3-5-15-14(2)12-16(20-18(13)15)21-8-10-22(11-9-21)17(23)6-7-19/h3-5,12H,6-11H2,1-2H3.